The van der Waals surface area contributed by atoms with Crippen molar-refractivity contribution in [3.8, 4) is 22.3 Å². The molecule has 1 saturated heterocycles. The van der Waals surface area contributed by atoms with Gasteiger partial charge in [-0.25, -0.2) is 0 Å². The first-order valence-electron chi connectivity index (χ1n) is 13.4. The molecular weight excluding hydrogens is 500 g/mol. The molecule has 7 nitrogen and oxygen atoms in total. The van der Waals surface area contributed by atoms with Crippen LogP contribution in [0.3, 0.4) is 0 Å². The summed E-state index contributed by atoms with van der Waals surface area (Å²) in [4.78, 5) is 42.5. The first-order valence-corrected chi connectivity index (χ1v) is 13.4. The second kappa shape index (κ2) is 10.4. The van der Waals surface area contributed by atoms with Gasteiger partial charge in [0, 0.05) is 48.6 Å². The largest absolute Gasteiger partial charge is 0.366 e. The zero-order valence-corrected chi connectivity index (χ0v) is 22.3. The minimum absolute atomic E-state index is 0.0408. The average Bonchev–Trinajstić information content (AvgIpc) is 3.35. The summed E-state index contributed by atoms with van der Waals surface area (Å²) in [6.45, 7) is 3.17. The zero-order chi connectivity index (χ0) is 27.8. The van der Waals surface area contributed by atoms with Gasteiger partial charge >= 0.3 is 0 Å². The lowest BCUT2D eigenvalue weighted by Crippen LogP contribution is -2.47. The van der Waals surface area contributed by atoms with Crippen molar-refractivity contribution in [3.63, 3.8) is 0 Å². The summed E-state index contributed by atoms with van der Waals surface area (Å²) >= 11 is 0. The van der Waals surface area contributed by atoms with Crippen LogP contribution in [-0.4, -0.2) is 60.7 Å². The number of carbonyl (C=O) groups excluding carboxylic acids is 3. The second-order valence-corrected chi connectivity index (χ2v) is 10.5. The molecule has 0 aromatic heterocycles. The monoisotopic (exact) mass is 530 g/mol. The molecule has 200 valence electrons. The van der Waals surface area contributed by atoms with Gasteiger partial charge in [0.25, 0.3) is 11.8 Å². The first-order chi connectivity index (χ1) is 19.4. The molecule has 0 bridgehead atoms. The molecule has 1 aliphatic heterocycles. The molecule has 0 radical (unpaired) electrons. The Labute approximate surface area is 233 Å². The number of nitrogens with one attached hydrogen (secondary N) is 1. The van der Waals surface area contributed by atoms with E-state index < -0.39 is 5.91 Å². The molecule has 0 atom stereocenters. The summed E-state index contributed by atoms with van der Waals surface area (Å²) in [7, 11) is 2.07. The molecule has 2 aliphatic rings. The van der Waals surface area contributed by atoms with Crippen molar-refractivity contribution in [1.82, 2.24) is 9.80 Å². The molecular formula is C33H30N4O3. The molecule has 0 saturated carbocycles. The number of benzene rings is 4. The van der Waals surface area contributed by atoms with Crippen LogP contribution in [0, 0.1) is 0 Å². The molecule has 4 aromatic carbocycles. The molecule has 4 aromatic rings. The summed E-state index contributed by atoms with van der Waals surface area (Å²) in [5.41, 5.74) is 13.8. The second-order valence-electron chi connectivity index (χ2n) is 10.5. The van der Waals surface area contributed by atoms with Crippen LogP contribution in [0.15, 0.2) is 84.9 Å². The quantitative estimate of drug-likeness (QED) is 0.345. The molecule has 1 fully saturated rings. The number of amides is 3. The number of primary amides is 1. The SMILES string of the molecule is CN1CCN(C(=O)c2ccc3c(c2)Cc2c(C(N)=O)cc(-c4ccc(C(=O)Nc5ccccc5)cc4)cc2-3)CC1. The van der Waals surface area contributed by atoms with Gasteiger partial charge in [-0.15, -0.1) is 0 Å². The number of para-hydroxylation sites is 1. The lowest BCUT2D eigenvalue weighted by molar-refractivity contribution is 0.0663. The standard InChI is InChI=1S/C33H30N4O3/c1-36-13-15-37(16-14-36)33(40)23-11-12-27-25(17-23)20-29-28(27)18-24(19-30(29)31(34)38)21-7-9-22(10-8-21)32(39)35-26-5-3-2-4-6-26/h2-12,17-19H,13-16,20H2,1H3,(H2,34,38)(H,35,39). The molecule has 0 unspecified atom stereocenters. The van der Waals surface area contributed by atoms with Crippen LogP contribution in [0.4, 0.5) is 5.69 Å². The predicted octanol–water partition coefficient (Wildman–Crippen LogP) is 4.66. The van der Waals surface area contributed by atoms with Gasteiger partial charge in [-0.3, -0.25) is 14.4 Å². The summed E-state index contributed by atoms with van der Waals surface area (Å²) in [5.74, 6) is -0.641. The Hall–Kier alpha value is -4.75. The van der Waals surface area contributed by atoms with Crippen LogP contribution < -0.4 is 11.1 Å². The van der Waals surface area contributed by atoms with E-state index in [0.717, 1.165) is 52.2 Å². The number of likely N-dealkylation sites (N-methyl/N-ethyl adjacent to an activating group) is 1. The smallest absolute Gasteiger partial charge is 0.255 e. The molecule has 6 rings (SSSR count). The van der Waals surface area contributed by atoms with Crippen molar-refractivity contribution in [2.24, 2.45) is 5.73 Å². The van der Waals surface area contributed by atoms with Gasteiger partial charge in [0.2, 0.25) is 5.91 Å². The first kappa shape index (κ1) is 25.5. The molecule has 3 N–H and O–H groups in total. The molecule has 1 heterocycles. The normalized spacial score (nSPS) is 14.4. The summed E-state index contributed by atoms with van der Waals surface area (Å²) in [6, 6.07) is 26.3. The minimum atomic E-state index is -0.487. The van der Waals surface area contributed by atoms with Gasteiger partial charge in [0.15, 0.2) is 0 Å². The fourth-order valence-electron chi connectivity index (χ4n) is 5.55. The van der Waals surface area contributed by atoms with E-state index in [9.17, 15) is 14.4 Å². The number of hydrogen-bond donors (Lipinski definition) is 2. The molecule has 0 spiro atoms. The number of piperazine rings is 1. The number of fused-ring (bicyclic) bond motifs is 3. The average molecular weight is 531 g/mol. The molecule has 3 amide bonds. The number of hydrogen-bond acceptors (Lipinski definition) is 4. The maximum Gasteiger partial charge on any atom is 0.255 e. The number of carbonyl (C=O) groups is 3. The summed E-state index contributed by atoms with van der Waals surface area (Å²) < 4.78 is 0. The van der Waals surface area contributed by atoms with Gasteiger partial charge in [0.05, 0.1) is 0 Å². The Bertz CT molecular complexity index is 1620. The Morgan fingerprint density at radius 3 is 2.15 bits per heavy atom. The van der Waals surface area contributed by atoms with Gasteiger partial charge in [-0.05, 0) is 95.4 Å². The van der Waals surface area contributed by atoms with E-state index in [1.807, 2.05) is 71.6 Å². The summed E-state index contributed by atoms with van der Waals surface area (Å²) in [5, 5.41) is 2.89. The van der Waals surface area contributed by atoms with Crippen molar-refractivity contribution in [3.05, 3.63) is 113 Å². The van der Waals surface area contributed by atoms with Crippen LogP contribution in [0.1, 0.15) is 42.2 Å². The number of anilines is 1. The van der Waals surface area contributed by atoms with E-state index in [4.69, 9.17) is 5.73 Å². The van der Waals surface area contributed by atoms with Gasteiger partial charge in [-0.2, -0.15) is 0 Å². The number of nitrogens with two attached hydrogens (primary N) is 1. The van der Waals surface area contributed by atoms with Gasteiger partial charge in [-0.1, -0.05) is 36.4 Å². The highest BCUT2D eigenvalue weighted by atomic mass is 16.2. The molecule has 1 aliphatic carbocycles. The lowest BCUT2D eigenvalue weighted by Gasteiger charge is -2.32. The third-order valence-electron chi connectivity index (χ3n) is 7.83. The van der Waals surface area contributed by atoms with Gasteiger partial charge in [0.1, 0.15) is 0 Å². The van der Waals surface area contributed by atoms with Gasteiger partial charge < -0.3 is 20.9 Å². The van der Waals surface area contributed by atoms with E-state index >= 15 is 0 Å². The highest BCUT2D eigenvalue weighted by molar-refractivity contribution is 6.05. The van der Waals surface area contributed by atoms with Crippen LogP contribution in [0.5, 0.6) is 0 Å². The summed E-state index contributed by atoms with van der Waals surface area (Å²) in [6.07, 6.45) is 0.547. The Balaban J connectivity index is 1.28. The van der Waals surface area contributed by atoms with E-state index in [2.05, 4.69) is 23.3 Å². The topological polar surface area (TPSA) is 95.7 Å². The third-order valence-corrected chi connectivity index (χ3v) is 7.83. The lowest BCUT2D eigenvalue weighted by atomic mass is 9.93. The van der Waals surface area contributed by atoms with Crippen LogP contribution in [-0.2, 0) is 6.42 Å². The third kappa shape index (κ3) is 4.87. The predicted molar refractivity (Wildman–Crippen MR) is 156 cm³/mol. The number of rotatable bonds is 5. The highest BCUT2D eigenvalue weighted by Gasteiger charge is 2.27. The fraction of sp³-hybridized carbons (Fsp3) is 0.182. The zero-order valence-electron chi connectivity index (χ0n) is 22.3. The van der Waals surface area contributed by atoms with Crippen molar-refractivity contribution in [1.29, 1.82) is 0 Å². The maximum atomic E-state index is 13.2. The van der Waals surface area contributed by atoms with E-state index in [1.54, 1.807) is 12.1 Å². The Morgan fingerprint density at radius 1 is 0.750 bits per heavy atom. The Morgan fingerprint density at radius 2 is 1.45 bits per heavy atom. The minimum Gasteiger partial charge on any atom is -0.366 e. The molecule has 40 heavy (non-hydrogen) atoms. The van der Waals surface area contributed by atoms with Crippen molar-refractivity contribution >= 4 is 23.4 Å². The van der Waals surface area contributed by atoms with Crippen molar-refractivity contribution in [2.45, 2.75) is 6.42 Å². The van der Waals surface area contributed by atoms with Crippen LogP contribution in [0.25, 0.3) is 22.3 Å². The van der Waals surface area contributed by atoms with E-state index in [-0.39, 0.29) is 11.8 Å². The maximum absolute atomic E-state index is 13.2. The van der Waals surface area contributed by atoms with Crippen molar-refractivity contribution < 1.29 is 14.4 Å². The van der Waals surface area contributed by atoms with Crippen molar-refractivity contribution in [2.75, 3.05) is 38.5 Å². The van der Waals surface area contributed by atoms with Crippen LogP contribution >= 0.6 is 0 Å². The van der Waals surface area contributed by atoms with Crippen LogP contribution in [0.2, 0.25) is 0 Å². The fourth-order valence-corrected chi connectivity index (χ4v) is 5.55. The van der Waals surface area contributed by atoms with E-state index in [1.165, 1.54) is 0 Å². The number of nitrogens with zero attached hydrogens (tertiary/aromatic N) is 2. The highest BCUT2D eigenvalue weighted by Crippen LogP contribution is 2.41. The van der Waals surface area contributed by atoms with E-state index in [0.29, 0.717) is 36.2 Å². The molecule has 7 heteroatoms. The Kier molecular flexibility index (Phi) is 6.66.